The zero-order chi connectivity index (χ0) is 5.98. The molecule has 0 saturated heterocycles. The first-order valence-corrected chi connectivity index (χ1v) is 2.24. The van der Waals surface area contributed by atoms with E-state index in [2.05, 4.69) is 21.4 Å². The molecule has 0 unspecified atom stereocenters. The number of hydrogen-bond acceptors (Lipinski definition) is 4. The van der Waals surface area contributed by atoms with Crippen LogP contribution in [0.1, 0.15) is 6.92 Å². The standard InChI is InChI=1S/C4H6N4/c1-4-3-5-6-7-8(4)2/h1-2H3. The van der Waals surface area contributed by atoms with Crippen LogP contribution in [0.2, 0.25) is 0 Å². The first kappa shape index (κ1) is 5.00. The largest absolute Gasteiger partial charge is 0.243 e. The van der Waals surface area contributed by atoms with Gasteiger partial charge in [0.05, 0.1) is 5.70 Å². The first-order valence-electron chi connectivity index (χ1n) is 2.24. The molecule has 1 rings (SSSR count). The molecule has 0 atom stereocenters. The van der Waals surface area contributed by atoms with Gasteiger partial charge in [-0.2, -0.15) is 0 Å². The van der Waals surface area contributed by atoms with Crippen molar-refractivity contribution in [1.29, 1.82) is 0 Å². The summed E-state index contributed by atoms with van der Waals surface area (Å²) in [6.07, 6.45) is 0. The number of allylic oxidation sites excluding steroid dienone is 1. The molecule has 0 aromatic rings. The Morgan fingerprint density at radius 3 is 2.75 bits per heavy atom. The molecule has 0 fully saturated rings. The maximum Gasteiger partial charge on any atom is 0.0981 e. The zero-order valence-electron chi connectivity index (χ0n) is 4.79. The second-order valence-corrected chi connectivity index (χ2v) is 1.50. The molecule has 0 saturated carbocycles. The summed E-state index contributed by atoms with van der Waals surface area (Å²) in [5.74, 6) is 2.64. The van der Waals surface area contributed by atoms with E-state index in [4.69, 9.17) is 0 Å². The van der Waals surface area contributed by atoms with Crippen LogP contribution in [0.15, 0.2) is 21.2 Å². The van der Waals surface area contributed by atoms with Crippen LogP contribution >= 0.6 is 0 Å². The highest BCUT2D eigenvalue weighted by molar-refractivity contribution is 5.56. The molecular formula is C4H6N4. The Labute approximate surface area is 47.2 Å². The van der Waals surface area contributed by atoms with Gasteiger partial charge in [0.15, 0.2) is 0 Å². The lowest BCUT2D eigenvalue weighted by Crippen LogP contribution is -2.08. The Balaban J connectivity index is 2.89. The first-order chi connectivity index (χ1) is 3.80. The average Bonchev–Trinajstić information content (AvgIpc) is 1.77. The number of hydrogen-bond donors (Lipinski definition) is 0. The maximum absolute atomic E-state index is 3.60. The minimum Gasteiger partial charge on any atom is -0.243 e. The molecule has 1 heterocycles. The van der Waals surface area contributed by atoms with Crippen molar-refractivity contribution in [1.82, 2.24) is 5.01 Å². The van der Waals surface area contributed by atoms with Gasteiger partial charge in [0, 0.05) is 12.9 Å². The molecule has 42 valence electrons. The lowest BCUT2D eigenvalue weighted by atomic mass is 10.5. The Morgan fingerprint density at radius 1 is 1.62 bits per heavy atom. The van der Waals surface area contributed by atoms with E-state index in [-0.39, 0.29) is 0 Å². The molecule has 4 heteroatoms. The summed E-state index contributed by atoms with van der Waals surface area (Å²) in [6, 6.07) is 0. The van der Waals surface area contributed by atoms with Crippen LogP contribution in [-0.2, 0) is 0 Å². The van der Waals surface area contributed by atoms with Crippen molar-refractivity contribution in [3.8, 4) is 0 Å². The van der Waals surface area contributed by atoms with Crippen LogP contribution in [0.3, 0.4) is 0 Å². The second-order valence-electron chi connectivity index (χ2n) is 1.50. The number of nitrogens with zero attached hydrogens (tertiary/aromatic N) is 4. The fraction of sp³-hybridized carbons (Fsp3) is 0.500. The molecule has 0 N–H and O–H groups in total. The van der Waals surface area contributed by atoms with Crippen molar-refractivity contribution in [2.75, 3.05) is 7.05 Å². The molecular weight excluding hydrogens is 104 g/mol. The average molecular weight is 110 g/mol. The van der Waals surface area contributed by atoms with Gasteiger partial charge >= 0.3 is 0 Å². The van der Waals surface area contributed by atoms with E-state index in [9.17, 15) is 0 Å². The molecule has 0 aromatic heterocycles. The van der Waals surface area contributed by atoms with Crippen molar-refractivity contribution >= 4 is 5.87 Å². The Bertz CT molecular complexity index is 174. The third-order valence-corrected chi connectivity index (χ3v) is 0.916. The van der Waals surface area contributed by atoms with Gasteiger partial charge in [-0.05, 0) is 17.4 Å². The zero-order valence-corrected chi connectivity index (χ0v) is 4.79. The summed E-state index contributed by atoms with van der Waals surface area (Å²) in [5, 5.41) is 12.0. The van der Waals surface area contributed by atoms with E-state index >= 15 is 0 Å². The third-order valence-electron chi connectivity index (χ3n) is 0.916. The van der Waals surface area contributed by atoms with Crippen LogP contribution in [-0.4, -0.2) is 17.9 Å². The molecule has 0 amide bonds. The van der Waals surface area contributed by atoms with E-state index in [0.717, 1.165) is 5.70 Å². The fourth-order valence-electron chi connectivity index (χ4n) is 0.314. The summed E-state index contributed by atoms with van der Waals surface area (Å²) in [7, 11) is 1.79. The fourth-order valence-corrected chi connectivity index (χ4v) is 0.314. The Hall–Kier alpha value is -1.15. The molecule has 8 heavy (non-hydrogen) atoms. The third kappa shape index (κ3) is 0.741. The van der Waals surface area contributed by atoms with E-state index in [0.29, 0.717) is 0 Å². The second kappa shape index (κ2) is 1.76. The molecule has 4 nitrogen and oxygen atoms in total. The molecule has 1 aliphatic heterocycles. The lowest BCUT2D eigenvalue weighted by molar-refractivity contribution is 0.409. The van der Waals surface area contributed by atoms with E-state index in [1.54, 1.807) is 12.1 Å². The summed E-state index contributed by atoms with van der Waals surface area (Å²) < 4.78 is 0. The van der Waals surface area contributed by atoms with Gasteiger partial charge in [0.1, 0.15) is 0 Å². The van der Waals surface area contributed by atoms with Crippen LogP contribution in [0.4, 0.5) is 0 Å². The highest BCUT2D eigenvalue weighted by atomic mass is 15.6. The maximum atomic E-state index is 3.60. The molecule has 0 aromatic carbocycles. The van der Waals surface area contributed by atoms with Gasteiger partial charge in [-0.3, -0.25) is 0 Å². The normalized spacial score (nSPS) is 16.8. The lowest BCUT2D eigenvalue weighted by Gasteiger charge is -2.07. The Kier molecular flexibility index (Phi) is 1.10. The summed E-state index contributed by atoms with van der Waals surface area (Å²) >= 11 is 0. The predicted octanol–water partition coefficient (Wildman–Crippen LogP) is 0.788. The number of rotatable bonds is 0. The van der Waals surface area contributed by atoms with Gasteiger partial charge in [0.25, 0.3) is 0 Å². The quantitative estimate of drug-likeness (QED) is 0.454. The monoisotopic (exact) mass is 110 g/mol. The van der Waals surface area contributed by atoms with Crippen LogP contribution < -0.4 is 0 Å². The van der Waals surface area contributed by atoms with Gasteiger partial charge in [-0.25, -0.2) is 5.01 Å². The van der Waals surface area contributed by atoms with E-state index in [1.165, 1.54) is 0 Å². The molecule has 0 aliphatic carbocycles. The van der Waals surface area contributed by atoms with Gasteiger partial charge in [0.2, 0.25) is 0 Å². The van der Waals surface area contributed by atoms with Gasteiger partial charge in [-0.15, -0.1) is 0 Å². The minimum absolute atomic E-state index is 0.875. The van der Waals surface area contributed by atoms with Crippen molar-refractivity contribution in [3.05, 3.63) is 5.70 Å². The Morgan fingerprint density at radius 2 is 2.38 bits per heavy atom. The smallest absolute Gasteiger partial charge is 0.0981 e. The van der Waals surface area contributed by atoms with Crippen molar-refractivity contribution in [2.24, 2.45) is 15.5 Å². The van der Waals surface area contributed by atoms with Crippen LogP contribution in [0, 0.1) is 0 Å². The van der Waals surface area contributed by atoms with Crippen LogP contribution in [0.5, 0.6) is 0 Å². The van der Waals surface area contributed by atoms with Crippen molar-refractivity contribution < 1.29 is 0 Å². The molecule has 0 radical (unpaired) electrons. The summed E-state index contributed by atoms with van der Waals surface area (Å²) in [5.41, 5.74) is 0.875. The van der Waals surface area contributed by atoms with Gasteiger partial charge < -0.3 is 0 Å². The van der Waals surface area contributed by atoms with Crippen LogP contribution in [0.25, 0.3) is 0 Å². The SMILES string of the molecule is CC1=C=NN=NN1C. The highest BCUT2D eigenvalue weighted by Crippen LogP contribution is 1.99. The van der Waals surface area contributed by atoms with Crippen molar-refractivity contribution in [3.63, 3.8) is 0 Å². The molecule has 0 spiro atoms. The summed E-state index contributed by atoms with van der Waals surface area (Å²) in [6.45, 7) is 1.86. The predicted molar refractivity (Wildman–Crippen MR) is 29.2 cm³/mol. The van der Waals surface area contributed by atoms with E-state index in [1.807, 2.05) is 6.92 Å². The minimum atomic E-state index is 0.875. The van der Waals surface area contributed by atoms with Crippen molar-refractivity contribution in [2.45, 2.75) is 6.92 Å². The molecule has 1 aliphatic rings. The molecule has 0 bridgehead atoms. The van der Waals surface area contributed by atoms with Gasteiger partial charge in [-0.1, -0.05) is 5.10 Å². The topological polar surface area (TPSA) is 40.3 Å². The highest BCUT2D eigenvalue weighted by Gasteiger charge is 1.96. The summed E-state index contributed by atoms with van der Waals surface area (Å²) in [4.78, 5) is 0. The van der Waals surface area contributed by atoms with E-state index < -0.39 is 0 Å².